The molecule has 0 aromatic heterocycles. The number of aliphatic hydroxyl groups excluding tert-OH is 3. The van der Waals surface area contributed by atoms with Gasteiger partial charge in [0.25, 0.3) is 0 Å². The molecule has 32 heavy (non-hydrogen) atoms. The van der Waals surface area contributed by atoms with Gasteiger partial charge < -0.3 is 101 Å². The van der Waals surface area contributed by atoms with Crippen LogP contribution in [0.4, 0.5) is 0 Å². The Hall–Kier alpha value is 2.16. The topological polar surface area (TPSA) is 440 Å². The van der Waals surface area contributed by atoms with Crippen LogP contribution >= 0.6 is 45.6 Å². The third kappa shape index (κ3) is 21.4. The fourth-order valence-corrected chi connectivity index (χ4v) is 4.68. The maximum Gasteiger partial charge on any atom is 6.00 e. The molecule has 0 bridgehead atoms. The number of hydrogen-bond donors (Lipinski definition) is 3. The molecule has 0 unspecified atom stereocenters. The minimum atomic E-state index is -5.71. The minimum absolute atomic E-state index is 0. The van der Waals surface area contributed by atoms with Gasteiger partial charge in [0.05, 0.1) is 0 Å². The van der Waals surface area contributed by atoms with E-state index in [1.165, 1.54) is 0 Å². The second kappa shape index (κ2) is 15.4. The zero-order valence-corrected chi connectivity index (χ0v) is 23.3. The largest absolute Gasteiger partial charge is 6.00 e. The molecule has 0 aromatic carbocycles. The van der Waals surface area contributed by atoms with Gasteiger partial charge in [0.1, 0.15) is 16.8 Å². The van der Waals surface area contributed by atoms with E-state index >= 15 is 0 Å². The van der Waals surface area contributed by atoms with Crippen LogP contribution in [0.5, 0.6) is 0 Å². The van der Waals surface area contributed by atoms with Gasteiger partial charge in [-0.1, -0.05) is 0 Å². The first kappa shape index (κ1) is 44.2. The molecule has 0 amide bonds. The molecule has 0 radical (unpaired) electrons. The fraction of sp³-hybridized carbons (Fsp3) is 1.00. The molecule has 0 aliphatic heterocycles. The first-order chi connectivity index (χ1) is 12.5. The average Bonchev–Trinajstić information content (AvgIpc) is 2.40. The monoisotopic (exact) mass is 760 g/mol. The van der Waals surface area contributed by atoms with Crippen molar-refractivity contribution in [2.45, 2.75) is 16.8 Å². The Balaban J connectivity index is -0.000000110. The standard InChI is InChI=1S/3CH6O7P2.2Mo/c3*2-1(9(3,4)5)10(6,7)8;;/h3*1-2H,(H2,3,4,5)(H2,6,7,8);;/q;;;2*+6/p-12. The molecule has 29 heteroatoms. The van der Waals surface area contributed by atoms with Gasteiger partial charge in [-0.2, -0.15) is 0 Å². The van der Waals surface area contributed by atoms with Crippen molar-refractivity contribution in [2.75, 3.05) is 0 Å². The summed E-state index contributed by atoms with van der Waals surface area (Å²) in [7, 11) is -34.3. The van der Waals surface area contributed by atoms with Crippen LogP contribution in [0.2, 0.25) is 0 Å². The fourth-order valence-electron chi connectivity index (χ4n) is 0.520. The molecule has 0 fully saturated rings. The van der Waals surface area contributed by atoms with Gasteiger partial charge in [-0.15, -0.1) is 0 Å². The van der Waals surface area contributed by atoms with E-state index in [0.29, 0.717) is 0 Å². The smallest absolute Gasteiger partial charge is 0.809 e. The molecule has 0 rings (SSSR count). The summed E-state index contributed by atoms with van der Waals surface area (Å²) in [6, 6.07) is 0. The molecule has 0 heterocycles. The number of rotatable bonds is 6. The number of hydrogen-bond acceptors (Lipinski definition) is 21. The van der Waals surface area contributed by atoms with Crippen LogP contribution in [-0.4, -0.2) is 32.1 Å². The normalized spacial score (nSPS) is 13.3. The zero-order chi connectivity index (χ0) is 25.7. The van der Waals surface area contributed by atoms with E-state index in [-0.39, 0.29) is 42.1 Å². The van der Waals surface area contributed by atoms with Crippen molar-refractivity contribution in [3.63, 3.8) is 0 Å². The van der Waals surface area contributed by atoms with Crippen molar-refractivity contribution in [2.24, 2.45) is 0 Å². The second-order valence-corrected chi connectivity index (χ2v) is 14.9. The SMILES string of the molecule is O=P([O-])([O-])C(O)P(=O)([O-])[O-].O=P([O-])([O-])C(O)P(=O)([O-])[O-].O=P([O-])([O-])C(O)P(=O)([O-])[O-].[Mo+6].[Mo+6]. The van der Waals surface area contributed by atoms with Crippen LogP contribution in [0, 0.1) is 0 Å². The van der Waals surface area contributed by atoms with Crippen molar-refractivity contribution < 1.29 is 144 Å². The van der Waals surface area contributed by atoms with Crippen LogP contribution < -0.4 is 58.7 Å². The van der Waals surface area contributed by atoms with Crippen LogP contribution in [-0.2, 0) is 69.5 Å². The van der Waals surface area contributed by atoms with Crippen LogP contribution in [0.25, 0.3) is 0 Å². The van der Waals surface area contributed by atoms with Gasteiger partial charge in [-0.25, -0.2) is 0 Å². The van der Waals surface area contributed by atoms with Crippen molar-refractivity contribution in [1.29, 1.82) is 0 Å². The summed E-state index contributed by atoms with van der Waals surface area (Å²) >= 11 is 0. The molecule has 186 valence electrons. The van der Waals surface area contributed by atoms with Crippen molar-refractivity contribution >= 4 is 45.6 Å². The summed E-state index contributed by atoms with van der Waals surface area (Å²) in [5, 5.41) is 23.8. The summed E-state index contributed by atoms with van der Waals surface area (Å²) in [6.07, 6.45) is 0. The Bertz CT molecular complexity index is 641. The molecule has 0 aromatic rings. The summed E-state index contributed by atoms with van der Waals surface area (Å²) in [5.74, 6) is 0. The molecule has 0 saturated carbocycles. The summed E-state index contributed by atoms with van der Waals surface area (Å²) in [6.45, 7) is 0. The summed E-state index contributed by atoms with van der Waals surface area (Å²) < 4.78 is 57.8. The van der Waals surface area contributed by atoms with Crippen LogP contribution in [0.15, 0.2) is 0 Å². The van der Waals surface area contributed by atoms with E-state index in [4.69, 9.17) is 15.3 Å². The van der Waals surface area contributed by atoms with Gasteiger partial charge in [-0.05, 0) is 45.6 Å². The summed E-state index contributed by atoms with van der Waals surface area (Å²) in [4.78, 5) is 116. The maximum atomic E-state index is 9.63. The van der Waals surface area contributed by atoms with Crippen molar-refractivity contribution in [3.8, 4) is 0 Å². The van der Waals surface area contributed by atoms with Crippen LogP contribution in [0.3, 0.4) is 0 Å². The van der Waals surface area contributed by atoms with Gasteiger partial charge in [0, 0.05) is 0 Å². The average molecular weight is 756 g/mol. The van der Waals surface area contributed by atoms with Crippen LogP contribution in [0.1, 0.15) is 0 Å². The molecular formula is C3H6Mo2O21P6. The first-order valence-electron chi connectivity index (χ1n) is 5.61. The molecule has 0 atom stereocenters. The molecule has 0 spiro atoms. The molecule has 0 aliphatic carbocycles. The van der Waals surface area contributed by atoms with E-state index in [2.05, 4.69) is 0 Å². The van der Waals surface area contributed by atoms with E-state index in [9.17, 15) is 86.1 Å². The Labute approximate surface area is 205 Å². The predicted molar refractivity (Wildman–Crippen MR) is 63.7 cm³/mol. The third-order valence-electron chi connectivity index (χ3n) is 1.70. The first-order valence-corrected chi connectivity index (χ1v) is 15.3. The van der Waals surface area contributed by atoms with Crippen molar-refractivity contribution in [1.82, 2.24) is 0 Å². The molecular weight excluding hydrogens is 750 g/mol. The minimum Gasteiger partial charge on any atom is -0.809 e. The van der Waals surface area contributed by atoms with Gasteiger partial charge in [0.15, 0.2) is 0 Å². The van der Waals surface area contributed by atoms with E-state index in [1.807, 2.05) is 0 Å². The quantitative estimate of drug-likeness (QED) is 0.167. The second-order valence-electron chi connectivity index (χ2n) is 4.28. The Morgan fingerprint density at radius 3 is 0.406 bits per heavy atom. The van der Waals surface area contributed by atoms with E-state index in [1.54, 1.807) is 0 Å². The third-order valence-corrected chi connectivity index (χ3v) is 10.2. The molecule has 0 saturated heterocycles. The summed E-state index contributed by atoms with van der Waals surface area (Å²) in [5.41, 5.74) is -10.0. The number of aliphatic hydroxyl groups is 3. The van der Waals surface area contributed by atoms with Crippen molar-refractivity contribution in [3.05, 3.63) is 0 Å². The predicted octanol–water partition coefficient (Wildman–Crippen LogP) is -11.7. The Kier molecular flexibility index (Phi) is 21.3. The van der Waals surface area contributed by atoms with E-state index < -0.39 is 62.3 Å². The molecule has 0 aliphatic rings. The zero-order valence-electron chi connectivity index (χ0n) is 13.9. The van der Waals surface area contributed by atoms with Gasteiger partial charge in [-0.3, -0.25) is 0 Å². The van der Waals surface area contributed by atoms with Gasteiger partial charge >= 0.3 is 42.1 Å². The molecule has 21 nitrogen and oxygen atoms in total. The molecule has 3 N–H and O–H groups in total. The Morgan fingerprint density at radius 2 is 0.406 bits per heavy atom. The van der Waals surface area contributed by atoms with Gasteiger partial charge in [0.2, 0.25) is 0 Å². The Morgan fingerprint density at radius 1 is 0.344 bits per heavy atom. The van der Waals surface area contributed by atoms with E-state index in [0.717, 1.165) is 0 Å². The maximum absolute atomic E-state index is 9.63.